The molecule has 0 aliphatic heterocycles. The predicted molar refractivity (Wildman–Crippen MR) is 237 cm³/mol. The molecule has 0 N–H and O–H groups in total. The molecule has 1 fully saturated rings. The summed E-state index contributed by atoms with van der Waals surface area (Å²) in [5, 5.41) is 2.53. The molecular weight excluding hydrogens is 677 g/mol. The van der Waals surface area contributed by atoms with Crippen LogP contribution in [0.25, 0.3) is 49.7 Å². The molecule has 1 aliphatic rings. The van der Waals surface area contributed by atoms with Gasteiger partial charge in [0, 0.05) is 38.9 Å². The van der Waals surface area contributed by atoms with Crippen molar-refractivity contribution < 1.29 is 0 Å². The van der Waals surface area contributed by atoms with Crippen LogP contribution in [0.4, 0.5) is 17.1 Å². The Morgan fingerprint density at radius 3 is 1.46 bits per heavy atom. The second-order valence-electron chi connectivity index (χ2n) is 15.3. The van der Waals surface area contributed by atoms with Crippen LogP contribution in [-0.2, 0) is 5.41 Å². The number of aromatic nitrogens is 1. The Kier molecular flexibility index (Phi) is 8.80. The van der Waals surface area contributed by atoms with Gasteiger partial charge in [-0.3, -0.25) is 0 Å². The average molecular weight is 721 g/mol. The minimum atomic E-state index is 0.0647. The predicted octanol–water partition coefficient (Wildman–Crippen LogP) is 14.8. The van der Waals surface area contributed by atoms with Crippen molar-refractivity contribution in [1.82, 2.24) is 4.57 Å². The fourth-order valence-electron chi connectivity index (χ4n) is 9.28. The van der Waals surface area contributed by atoms with Gasteiger partial charge in [-0.05, 0) is 107 Å². The van der Waals surface area contributed by atoms with Crippen LogP contribution in [0.3, 0.4) is 0 Å². The number of benzene rings is 8. The van der Waals surface area contributed by atoms with E-state index in [-0.39, 0.29) is 5.41 Å². The van der Waals surface area contributed by atoms with Gasteiger partial charge in [0.15, 0.2) is 0 Å². The number of hydrogen-bond donors (Lipinski definition) is 0. The number of fused-ring (bicyclic) bond motifs is 3. The number of anilines is 3. The first kappa shape index (κ1) is 33.9. The van der Waals surface area contributed by atoms with Crippen molar-refractivity contribution in [2.75, 3.05) is 4.90 Å². The summed E-state index contributed by atoms with van der Waals surface area (Å²) in [6.07, 6.45) is 6.25. The lowest BCUT2D eigenvalue weighted by Crippen LogP contribution is -2.30. The minimum Gasteiger partial charge on any atom is -0.311 e. The fourth-order valence-corrected chi connectivity index (χ4v) is 9.28. The van der Waals surface area contributed by atoms with E-state index >= 15 is 0 Å². The zero-order chi connectivity index (χ0) is 37.3. The zero-order valence-corrected chi connectivity index (χ0v) is 31.6. The van der Waals surface area contributed by atoms with E-state index in [1.165, 1.54) is 93.0 Å². The van der Waals surface area contributed by atoms with E-state index in [2.05, 4.69) is 216 Å². The topological polar surface area (TPSA) is 8.17 Å². The summed E-state index contributed by atoms with van der Waals surface area (Å²) in [4.78, 5) is 2.40. The van der Waals surface area contributed by atoms with Crippen molar-refractivity contribution >= 4 is 38.9 Å². The maximum atomic E-state index is 2.40. The molecule has 0 amide bonds. The Labute approximate surface area is 330 Å². The summed E-state index contributed by atoms with van der Waals surface area (Å²) in [5.41, 5.74) is 14.8. The van der Waals surface area contributed by atoms with Crippen molar-refractivity contribution in [3.8, 4) is 27.9 Å². The summed E-state index contributed by atoms with van der Waals surface area (Å²) < 4.78 is 2.39. The molecule has 56 heavy (non-hydrogen) atoms. The van der Waals surface area contributed by atoms with Crippen LogP contribution in [0.2, 0.25) is 0 Å². The third-order valence-electron chi connectivity index (χ3n) is 12.1. The third kappa shape index (κ3) is 6.08. The lowest BCUT2D eigenvalue weighted by atomic mass is 9.65. The van der Waals surface area contributed by atoms with E-state index in [1.54, 1.807) is 0 Å². The number of hydrogen-bond acceptors (Lipinski definition) is 1. The quantitative estimate of drug-likeness (QED) is 0.152. The first-order chi connectivity index (χ1) is 27.7. The molecule has 2 heteroatoms. The Morgan fingerprint density at radius 2 is 0.821 bits per heavy atom. The largest absolute Gasteiger partial charge is 0.311 e. The minimum absolute atomic E-state index is 0.0647. The van der Waals surface area contributed by atoms with E-state index in [1.807, 2.05) is 0 Å². The fraction of sp³-hybridized carbons (Fsp3) is 0.111. The maximum absolute atomic E-state index is 2.40. The summed E-state index contributed by atoms with van der Waals surface area (Å²) in [6.45, 7) is 0. The van der Waals surface area contributed by atoms with E-state index < -0.39 is 0 Å². The zero-order valence-electron chi connectivity index (χ0n) is 31.6. The van der Waals surface area contributed by atoms with E-state index in [4.69, 9.17) is 0 Å². The van der Waals surface area contributed by atoms with Crippen LogP contribution in [0, 0.1) is 0 Å². The lowest BCUT2D eigenvalue weighted by Gasteiger charge is -2.39. The first-order valence-electron chi connectivity index (χ1n) is 20.1. The smallest absolute Gasteiger partial charge is 0.0547 e. The summed E-state index contributed by atoms with van der Waals surface area (Å²) in [6, 6.07) is 75.7. The Hall–Kier alpha value is -6.64. The Morgan fingerprint density at radius 1 is 0.357 bits per heavy atom. The van der Waals surface area contributed by atoms with Crippen LogP contribution in [0.15, 0.2) is 206 Å². The first-order valence-corrected chi connectivity index (χ1v) is 20.1. The van der Waals surface area contributed by atoms with Crippen molar-refractivity contribution in [1.29, 1.82) is 0 Å². The molecule has 0 saturated heterocycles. The molecule has 1 saturated carbocycles. The van der Waals surface area contributed by atoms with Crippen LogP contribution < -0.4 is 4.90 Å². The van der Waals surface area contributed by atoms with Crippen molar-refractivity contribution in [3.63, 3.8) is 0 Å². The number of nitrogens with zero attached hydrogens (tertiary/aromatic N) is 2. The molecule has 0 bridgehead atoms. The summed E-state index contributed by atoms with van der Waals surface area (Å²) >= 11 is 0. The highest BCUT2D eigenvalue weighted by Gasteiger charge is 2.35. The van der Waals surface area contributed by atoms with Gasteiger partial charge >= 0.3 is 0 Å². The molecule has 0 atom stereocenters. The standard InChI is InChI=1S/C54H44N2/c1-5-15-40(16-6-1)41-23-30-47(31-24-41)55(49-34-28-45(29-35-49)54(37-13-4-14-38-54)44-17-7-2-8-18-44)48-32-25-42(26-33-48)43-27-36-51-50-21-11-12-22-52(50)56(53(51)39-43)46-19-9-3-10-20-46/h1-3,5-12,15-36,39H,4,13-14,37-38H2. The molecule has 0 unspecified atom stereocenters. The lowest BCUT2D eigenvalue weighted by molar-refractivity contribution is 0.346. The van der Waals surface area contributed by atoms with Gasteiger partial charge in [-0.1, -0.05) is 165 Å². The second kappa shape index (κ2) is 14.5. The van der Waals surface area contributed by atoms with Crippen LogP contribution >= 0.6 is 0 Å². The molecule has 8 aromatic carbocycles. The monoisotopic (exact) mass is 720 g/mol. The van der Waals surface area contributed by atoms with Crippen molar-refractivity contribution in [3.05, 3.63) is 217 Å². The highest BCUT2D eigenvalue weighted by atomic mass is 15.1. The molecule has 270 valence electrons. The molecule has 2 nitrogen and oxygen atoms in total. The van der Waals surface area contributed by atoms with E-state index in [0.29, 0.717) is 0 Å². The van der Waals surface area contributed by atoms with Crippen LogP contribution in [0.5, 0.6) is 0 Å². The van der Waals surface area contributed by atoms with Crippen LogP contribution in [0.1, 0.15) is 43.2 Å². The highest BCUT2D eigenvalue weighted by molar-refractivity contribution is 6.10. The Balaban J connectivity index is 1.04. The van der Waals surface area contributed by atoms with Gasteiger partial charge in [0.25, 0.3) is 0 Å². The van der Waals surface area contributed by atoms with Gasteiger partial charge in [0.05, 0.1) is 11.0 Å². The van der Waals surface area contributed by atoms with Gasteiger partial charge < -0.3 is 9.47 Å². The number of para-hydroxylation sites is 2. The normalized spacial score (nSPS) is 13.9. The van der Waals surface area contributed by atoms with Gasteiger partial charge in [-0.2, -0.15) is 0 Å². The highest BCUT2D eigenvalue weighted by Crippen LogP contribution is 2.46. The molecule has 0 radical (unpaired) electrons. The van der Waals surface area contributed by atoms with Gasteiger partial charge in [0.1, 0.15) is 0 Å². The average Bonchev–Trinajstić information content (AvgIpc) is 3.62. The molecule has 1 heterocycles. The van der Waals surface area contributed by atoms with Crippen LogP contribution in [-0.4, -0.2) is 4.57 Å². The van der Waals surface area contributed by atoms with E-state index in [9.17, 15) is 0 Å². The molecule has 9 aromatic rings. The Bertz CT molecular complexity index is 2720. The second-order valence-corrected chi connectivity index (χ2v) is 15.3. The SMILES string of the molecule is c1ccc(-c2ccc(N(c3ccc(-c4ccc5c6ccccc6n(-c6ccccc6)c5c4)cc3)c3ccc(C4(c5ccccc5)CCCCC4)cc3)cc2)cc1. The van der Waals surface area contributed by atoms with Gasteiger partial charge in [-0.15, -0.1) is 0 Å². The summed E-state index contributed by atoms with van der Waals surface area (Å²) in [7, 11) is 0. The van der Waals surface area contributed by atoms with Crippen molar-refractivity contribution in [2.24, 2.45) is 0 Å². The van der Waals surface area contributed by atoms with E-state index in [0.717, 1.165) is 17.1 Å². The molecule has 1 aliphatic carbocycles. The third-order valence-corrected chi connectivity index (χ3v) is 12.1. The molecule has 10 rings (SSSR count). The van der Waals surface area contributed by atoms with Gasteiger partial charge in [0.2, 0.25) is 0 Å². The van der Waals surface area contributed by atoms with Gasteiger partial charge in [-0.25, -0.2) is 0 Å². The summed E-state index contributed by atoms with van der Waals surface area (Å²) in [5.74, 6) is 0. The maximum Gasteiger partial charge on any atom is 0.0547 e. The molecule has 1 aromatic heterocycles. The number of rotatable bonds is 8. The molecule has 0 spiro atoms. The molecular formula is C54H44N2. The van der Waals surface area contributed by atoms with Crippen molar-refractivity contribution in [2.45, 2.75) is 37.5 Å².